The molecule has 0 bridgehead atoms. The van der Waals surface area contributed by atoms with Gasteiger partial charge in [0.25, 0.3) is 6.43 Å². The zero-order valence-corrected chi connectivity index (χ0v) is 12.3. The summed E-state index contributed by atoms with van der Waals surface area (Å²) in [6.07, 6.45) is -2.45. The summed E-state index contributed by atoms with van der Waals surface area (Å²) in [5.41, 5.74) is -0.218. The molecule has 0 aliphatic heterocycles. The van der Waals surface area contributed by atoms with Gasteiger partial charge >= 0.3 is 0 Å². The maximum absolute atomic E-state index is 12.6. The Morgan fingerprint density at radius 2 is 1.79 bits per heavy atom. The first kappa shape index (κ1) is 12.6. The molecule has 1 aromatic heterocycles. The van der Waals surface area contributed by atoms with Gasteiger partial charge in [-0.3, -0.25) is 4.68 Å². The van der Waals surface area contributed by atoms with Crippen LogP contribution < -0.4 is 0 Å². The van der Waals surface area contributed by atoms with E-state index in [0.717, 1.165) is 0 Å². The summed E-state index contributed by atoms with van der Waals surface area (Å²) >= 11 is 3.76. The molecule has 0 aliphatic rings. The number of hydrogen-bond acceptors (Lipinski definition) is 1. The van der Waals surface area contributed by atoms with Crippen LogP contribution in [0.4, 0.5) is 8.78 Å². The summed E-state index contributed by atoms with van der Waals surface area (Å²) in [6, 6.07) is 0. The van der Waals surface area contributed by atoms with E-state index in [1.165, 1.54) is 0 Å². The van der Waals surface area contributed by atoms with Crippen molar-refractivity contribution >= 4 is 45.2 Å². The van der Waals surface area contributed by atoms with Crippen LogP contribution in [-0.4, -0.2) is 9.78 Å². The van der Waals surface area contributed by atoms with Crippen molar-refractivity contribution in [3.63, 3.8) is 0 Å². The first-order valence-electron chi connectivity index (χ1n) is 3.97. The van der Waals surface area contributed by atoms with Crippen molar-refractivity contribution in [1.82, 2.24) is 9.78 Å². The first-order valence-corrected chi connectivity index (χ1v) is 6.13. The summed E-state index contributed by atoms with van der Waals surface area (Å²) in [5.74, 6) is 0. The molecule has 0 N–H and O–H groups in total. The zero-order chi connectivity index (χ0) is 11.1. The average Bonchev–Trinajstić information content (AvgIpc) is 2.24. The number of aromatic nitrogens is 2. The lowest BCUT2D eigenvalue weighted by Gasteiger charge is -2.20. The lowest BCUT2D eigenvalue weighted by atomic mass is 10.1. The van der Waals surface area contributed by atoms with E-state index >= 15 is 0 Å². The van der Waals surface area contributed by atoms with Crippen LogP contribution in [0.5, 0.6) is 0 Å². The van der Waals surface area contributed by atoms with E-state index in [9.17, 15) is 8.78 Å². The monoisotopic (exact) mass is 426 g/mol. The third-order valence-electron chi connectivity index (χ3n) is 1.67. The maximum atomic E-state index is 12.6. The van der Waals surface area contributed by atoms with Crippen LogP contribution in [0.3, 0.4) is 0 Å². The molecule has 6 heteroatoms. The second-order valence-corrected chi connectivity index (χ2v) is 5.92. The molecule has 1 heterocycles. The Bertz CT molecular complexity index is 342. The third-order valence-corrected chi connectivity index (χ3v) is 3.51. The topological polar surface area (TPSA) is 17.8 Å². The van der Waals surface area contributed by atoms with E-state index in [-0.39, 0.29) is 11.1 Å². The fourth-order valence-corrected chi connectivity index (χ4v) is 3.55. The molecule has 0 radical (unpaired) electrons. The van der Waals surface area contributed by atoms with Crippen LogP contribution in [0.25, 0.3) is 0 Å². The van der Waals surface area contributed by atoms with Crippen molar-refractivity contribution in [2.75, 3.05) is 0 Å². The second kappa shape index (κ2) is 4.18. The molecule has 0 amide bonds. The van der Waals surface area contributed by atoms with Crippen molar-refractivity contribution in [2.24, 2.45) is 0 Å². The van der Waals surface area contributed by atoms with E-state index in [1.807, 2.05) is 66.0 Å². The molecule has 0 spiro atoms. The summed E-state index contributed by atoms with van der Waals surface area (Å²) < 4.78 is 27.8. The molecular formula is C8H10F2I2N2. The van der Waals surface area contributed by atoms with E-state index in [1.54, 1.807) is 4.68 Å². The van der Waals surface area contributed by atoms with Crippen molar-refractivity contribution in [2.45, 2.75) is 32.7 Å². The van der Waals surface area contributed by atoms with Crippen molar-refractivity contribution < 1.29 is 8.78 Å². The SMILES string of the molecule is CC(C)(C)n1nc(I)c(C(F)F)c1I. The van der Waals surface area contributed by atoms with Crippen molar-refractivity contribution in [1.29, 1.82) is 0 Å². The van der Waals surface area contributed by atoms with Crippen LogP contribution in [-0.2, 0) is 5.54 Å². The van der Waals surface area contributed by atoms with Gasteiger partial charge in [0.1, 0.15) is 7.40 Å². The maximum Gasteiger partial charge on any atom is 0.268 e. The van der Waals surface area contributed by atoms with Crippen LogP contribution in [0.2, 0.25) is 0 Å². The smallest absolute Gasteiger partial charge is 0.253 e. The van der Waals surface area contributed by atoms with Crippen molar-refractivity contribution in [3.8, 4) is 0 Å². The van der Waals surface area contributed by atoms with Gasteiger partial charge in [-0.1, -0.05) is 0 Å². The fourth-order valence-electron chi connectivity index (χ4n) is 1.01. The van der Waals surface area contributed by atoms with E-state index in [4.69, 9.17) is 0 Å². The summed E-state index contributed by atoms with van der Waals surface area (Å²) in [7, 11) is 0. The van der Waals surface area contributed by atoms with Gasteiger partial charge in [0.15, 0.2) is 0 Å². The number of nitrogens with zero attached hydrogens (tertiary/aromatic N) is 2. The van der Waals surface area contributed by atoms with Gasteiger partial charge in [-0.05, 0) is 66.0 Å². The minimum atomic E-state index is -2.45. The van der Waals surface area contributed by atoms with E-state index in [2.05, 4.69) is 5.10 Å². The highest BCUT2D eigenvalue weighted by molar-refractivity contribution is 14.1. The molecule has 0 atom stereocenters. The highest BCUT2D eigenvalue weighted by Crippen LogP contribution is 2.31. The summed E-state index contributed by atoms with van der Waals surface area (Å²) in [6.45, 7) is 5.81. The van der Waals surface area contributed by atoms with Gasteiger partial charge in [0, 0.05) is 0 Å². The lowest BCUT2D eigenvalue weighted by molar-refractivity contribution is 0.149. The van der Waals surface area contributed by atoms with Gasteiger partial charge in [-0.2, -0.15) is 5.10 Å². The molecule has 1 aromatic rings. The molecule has 0 aliphatic carbocycles. The van der Waals surface area contributed by atoms with Crippen LogP contribution >= 0.6 is 45.2 Å². The molecule has 2 nitrogen and oxygen atoms in total. The Kier molecular flexibility index (Phi) is 3.77. The van der Waals surface area contributed by atoms with Gasteiger partial charge in [-0.25, -0.2) is 8.78 Å². The molecule has 14 heavy (non-hydrogen) atoms. The minimum Gasteiger partial charge on any atom is -0.253 e. The van der Waals surface area contributed by atoms with E-state index in [0.29, 0.717) is 7.40 Å². The summed E-state index contributed by atoms with van der Waals surface area (Å²) in [4.78, 5) is 0. The second-order valence-electron chi connectivity index (χ2n) is 3.88. The van der Waals surface area contributed by atoms with Gasteiger partial charge in [0.2, 0.25) is 0 Å². The molecular weight excluding hydrogens is 416 g/mol. The predicted octanol–water partition coefficient (Wildman–Crippen LogP) is 3.78. The Morgan fingerprint density at radius 3 is 2.00 bits per heavy atom. The van der Waals surface area contributed by atoms with E-state index < -0.39 is 6.43 Å². The number of hydrogen-bond donors (Lipinski definition) is 0. The Hall–Kier alpha value is 0.530. The predicted molar refractivity (Wildman–Crippen MR) is 67.6 cm³/mol. The zero-order valence-electron chi connectivity index (χ0n) is 7.98. The highest BCUT2D eigenvalue weighted by atomic mass is 127. The molecule has 0 saturated heterocycles. The molecule has 0 aromatic carbocycles. The van der Waals surface area contributed by atoms with Gasteiger partial charge in [-0.15, -0.1) is 0 Å². The summed E-state index contributed by atoms with van der Waals surface area (Å²) in [5, 5.41) is 4.12. The number of rotatable bonds is 1. The molecule has 0 saturated carbocycles. The van der Waals surface area contributed by atoms with Crippen LogP contribution in [0.1, 0.15) is 32.8 Å². The van der Waals surface area contributed by atoms with Crippen LogP contribution in [0.15, 0.2) is 0 Å². The quantitative estimate of drug-likeness (QED) is 0.626. The fraction of sp³-hybridized carbons (Fsp3) is 0.625. The highest BCUT2D eigenvalue weighted by Gasteiger charge is 2.26. The number of alkyl halides is 2. The van der Waals surface area contributed by atoms with Crippen LogP contribution in [0, 0.1) is 7.40 Å². The third kappa shape index (κ3) is 2.37. The van der Waals surface area contributed by atoms with Gasteiger partial charge in [0.05, 0.1) is 11.1 Å². The molecule has 0 fully saturated rings. The van der Waals surface area contributed by atoms with Crippen molar-refractivity contribution in [3.05, 3.63) is 13.0 Å². The molecule has 0 unspecified atom stereocenters. The Morgan fingerprint density at radius 1 is 1.29 bits per heavy atom. The normalized spacial score (nSPS) is 12.6. The number of halogens is 4. The van der Waals surface area contributed by atoms with Gasteiger partial charge < -0.3 is 0 Å². The Labute approximate surface area is 109 Å². The Balaban J connectivity index is 3.31. The standard InChI is InChI=1S/C8H10F2I2N2/c1-8(2,3)14-7(12)4(5(9)10)6(11)13-14/h5H,1-3H3. The lowest BCUT2D eigenvalue weighted by Crippen LogP contribution is -2.24. The first-order chi connectivity index (χ1) is 6.25. The minimum absolute atomic E-state index is 0.0427. The largest absolute Gasteiger partial charge is 0.268 e. The average molecular weight is 426 g/mol. The molecule has 1 rings (SSSR count). The molecule has 80 valence electrons.